The number of guanidine groups is 1. The fourth-order valence-electron chi connectivity index (χ4n) is 2.05. The van der Waals surface area contributed by atoms with E-state index in [2.05, 4.69) is 20.6 Å². The molecule has 0 saturated carbocycles. The van der Waals surface area contributed by atoms with Crippen molar-refractivity contribution in [2.24, 2.45) is 4.99 Å². The highest BCUT2D eigenvalue weighted by Crippen LogP contribution is 2.08. The van der Waals surface area contributed by atoms with Crippen molar-refractivity contribution in [3.8, 4) is 11.6 Å². The van der Waals surface area contributed by atoms with Gasteiger partial charge in [-0.3, -0.25) is 4.99 Å². The Bertz CT molecular complexity index is 638. The van der Waals surface area contributed by atoms with Crippen molar-refractivity contribution in [1.82, 2.24) is 15.6 Å². The Balaban J connectivity index is 0.00000312. The number of aromatic nitrogens is 1. The normalized spacial score (nSPS) is 10.6. The Morgan fingerprint density at radius 1 is 1.08 bits per heavy atom. The minimum Gasteiger partial charge on any atom is -0.494 e. The minimum atomic E-state index is 0. The lowest BCUT2D eigenvalue weighted by molar-refractivity contribution is 0.311. The second kappa shape index (κ2) is 12.3. The van der Waals surface area contributed by atoms with Gasteiger partial charge >= 0.3 is 0 Å². The smallest absolute Gasteiger partial charge is 0.213 e. The van der Waals surface area contributed by atoms with Gasteiger partial charge in [-0.2, -0.15) is 0 Å². The lowest BCUT2D eigenvalue weighted by Gasteiger charge is -2.12. The molecule has 0 aliphatic heterocycles. The highest BCUT2D eigenvalue weighted by molar-refractivity contribution is 14.0. The Labute approximate surface area is 166 Å². The number of ether oxygens (including phenoxy) is 2. The number of benzene rings is 1. The van der Waals surface area contributed by atoms with Crippen LogP contribution in [0.3, 0.4) is 0 Å². The number of aliphatic imine (C=N–C) groups is 1. The first-order valence-corrected chi connectivity index (χ1v) is 7.94. The fourth-order valence-corrected chi connectivity index (χ4v) is 2.05. The zero-order valence-corrected chi connectivity index (χ0v) is 16.9. The van der Waals surface area contributed by atoms with E-state index in [1.165, 1.54) is 0 Å². The Morgan fingerprint density at radius 3 is 2.60 bits per heavy atom. The molecule has 0 saturated heterocycles. The molecule has 0 spiro atoms. The van der Waals surface area contributed by atoms with Crippen LogP contribution in [0.15, 0.2) is 53.5 Å². The van der Waals surface area contributed by atoms with E-state index in [1.807, 2.05) is 48.5 Å². The summed E-state index contributed by atoms with van der Waals surface area (Å²) in [5.74, 6) is 2.23. The van der Waals surface area contributed by atoms with Gasteiger partial charge in [0.25, 0.3) is 0 Å². The molecule has 7 heteroatoms. The van der Waals surface area contributed by atoms with Crippen molar-refractivity contribution >= 4 is 29.9 Å². The van der Waals surface area contributed by atoms with Gasteiger partial charge < -0.3 is 20.1 Å². The molecule has 0 unspecified atom stereocenters. The van der Waals surface area contributed by atoms with Gasteiger partial charge in [0.1, 0.15) is 5.75 Å². The van der Waals surface area contributed by atoms with Crippen molar-refractivity contribution in [3.63, 3.8) is 0 Å². The van der Waals surface area contributed by atoms with E-state index in [0.29, 0.717) is 19.0 Å². The molecule has 0 atom stereocenters. The maximum absolute atomic E-state index is 5.65. The van der Waals surface area contributed by atoms with Crippen LogP contribution in [-0.4, -0.2) is 38.3 Å². The van der Waals surface area contributed by atoms with Crippen LogP contribution in [0.1, 0.15) is 12.1 Å². The molecule has 1 heterocycles. The van der Waals surface area contributed by atoms with Crippen LogP contribution >= 0.6 is 24.0 Å². The molecule has 2 N–H and O–H groups in total. The largest absolute Gasteiger partial charge is 0.494 e. The van der Waals surface area contributed by atoms with Gasteiger partial charge in [-0.25, -0.2) is 4.98 Å². The van der Waals surface area contributed by atoms with Crippen LogP contribution in [0.4, 0.5) is 0 Å². The van der Waals surface area contributed by atoms with Crippen molar-refractivity contribution in [2.45, 2.75) is 13.0 Å². The summed E-state index contributed by atoms with van der Waals surface area (Å²) in [6.07, 6.45) is 0.882. The Hall–Kier alpha value is -2.03. The number of hydrogen-bond donors (Lipinski definition) is 2. The van der Waals surface area contributed by atoms with Crippen LogP contribution in [0.25, 0.3) is 0 Å². The molecule has 0 radical (unpaired) electrons. The van der Waals surface area contributed by atoms with E-state index in [1.54, 1.807) is 14.2 Å². The van der Waals surface area contributed by atoms with Crippen LogP contribution in [0.2, 0.25) is 0 Å². The first-order valence-electron chi connectivity index (χ1n) is 7.94. The van der Waals surface area contributed by atoms with Crippen LogP contribution in [-0.2, 0) is 6.54 Å². The number of para-hydroxylation sites is 1. The highest BCUT2D eigenvalue weighted by atomic mass is 127. The molecule has 1 aromatic carbocycles. The summed E-state index contributed by atoms with van der Waals surface area (Å²) < 4.78 is 10.8. The monoisotopic (exact) mass is 456 g/mol. The first kappa shape index (κ1) is 21.0. The van der Waals surface area contributed by atoms with Crippen molar-refractivity contribution in [2.75, 3.05) is 27.3 Å². The molecule has 2 rings (SSSR count). The summed E-state index contributed by atoms with van der Waals surface area (Å²) in [6.45, 7) is 2.01. The van der Waals surface area contributed by atoms with Gasteiger partial charge in [0, 0.05) is 19.7 Å². The zero-order valence-electron chi connectivity index (χ0n) is 14.6. The second-order valence-electron chi connectivity index (χ2n) is 5.04. The summed E-state index contributed by atoms with van der Waals surface area (Å²) in [4.78, 5) is 8.55. The fraction of sp³-hybridized carbons (Fsp3) is 0.333. The van der Waals surface area contributed by atoms with Gasteiger partial charge in [0.05, 0.1) is 26.0 Å². The molecule has 0 amide bonds. The van der Waals surface area contributed by atoms with Crippen molar-refractivity contribution in [3.05, 3.63) is 54.2 Å². The zero-order chi connectivity index (χ0) is 17.0. The number of halogens is 1. The number of hydrogen-bond acceptors (Lipinski definition) is 4. The lowest BCUT2D eigenvalue weighted by Crippen LogP contribution is -2.37. The van der Waals surface area contributed by atoms with E-state index >= 15 is 0 Å². The van der Waals surface area contributed by atoms with Gasteiger partial charge in [-0.05, 0) is 24.6 Å². The third-order valence-corrected chi connectivity index (χ3v) is 3.28. The molecule has 0 aliphatic rings. The van der Waals surface area contributed by atoms with Crippen LogP contribution in [0.5, 0.6) is 11.6 Å². The molecule has 0 fully saturated rings. The standard InChI is InChI=1S/C18H24N4O2.HI/c1-19-18(21-14-15-8-6-11-17(22-15)23-2)20-12-7-13-24-16-9-4-3-5-10-16;/h3-6,8-11H,7,12-14H2,1-2H3,(H2,19,20,21);1H. The first-order chi connectivity index (χ1) is 11.8. The summed E-state index contributed by atoms with van der Waals surface area (Å²) >= 11 is 0. The number of nitrogens with one attached hydrogen (secondary N) is 2. The number of rotatable bonds is 8. The summed E-state index contributed by atoms with van der Waals surface area (Å²) in [6, 6.07) is 15.5. The summed E-state index contributed by atoms with van der Waals surface area (Å²) in [5, 5.41) is 6.48. The third kappa shape index (κ3) is 8.06. The van der Waals surface area contributed by atoms with E-state index < -0.39 is 0 Å². The lowest BCUT2D eigenvalue weighted by atomic mass is 10.3. The average Bonchev–Trinajstić information content (AvgIpc) is 2.65. The highest BCUT2D eigenvalue weighted by Gasteiger charge is 2.01. The second-order valence-corrected chi connectivity index (χ2v) is 5.04. The maximum Gasteiger partial charge on any atom is 0.213 e. The maximum atomic E-state index is 5.65. The molecular formula is C18H25IN4O2. The van der Waals surface area contributed by atoms with E-state index in [-0.39, 0.29) is 24.0 Å². The SMILES string of the molecule is CN=C(NCCCOc1ccccc1)NCc1cccc(OC)n1.I. The molecular weight excluding hydrogens is 431 g/mol. The quantitative estimate of drug-likeness (QED) is 0.277. The average molecular weight is 456 g/mol. The Morgan fingerprint density at radius 2 is 1.88 bits per heavy atom. The summed E-state index contributed by atoms with van der Waals surface area (Å²) in [7, 11) is 3.35. The van der Waals surface area contributed by atoms with Gasteiger partial charge in [-0.1, -0.05) is 24.3 Å². The van der Waals surface area contributed by atoms with Crippen LogP contribution < -0.4 is 20.1 Å². The third-order valence-electron chi connectivity index (χ3n) is 3.28. The molecule has 25 heavy (non-hydrogen) atoms. The van der Waals surface area contributed by atoms with Crippen molar-refractivity contribution in [1.29, 1.82) is 0 Å². The predicted molar refractivity (Wildman–Crippen MR) is 111 cm³/mol. The molecule has 2 aromatic rings. The van der Waals surface area contributed by atoms with Gasteiger partial charge in [0.15, 0.2) is 5.96 Å². The molecule has 1 aromatic heterocycles. The van der Waals surface area contributed by atoms with Crippen molar-refractivity contribution < 1.29 is 9.47 Å². The number of pyridine rings is 1. The minimum absolute atomic E-state index is 0. The molecule has 0 bridgehead atoms. The molecule has 6 nitrogen and oxygen atoms in total. The predicted octanol–water partition coefficient (Wildman–Crippen LogP) is 2.84. The topological polar surface area (TPSA) is 67.8 Å². The van der Waals surface area contributed by atoms with Crippen LogP contribution in [0, 0.1) is 0 Å². The summed E-state index contributed by atoms with van der Waals surface area (Å²) in [5.41, 5.74) is 0.893. The van der Waals surface area contributed by atoms with Gasteiger partial charge in [-0.15, -0.1) is 24.0 Å². The van der Waals surface area contributed by atoms with Gasteiger partial charge in [0.2, 0.25) is 5.88 Å². The van der Waals surface area contributed by atoms with E-state index in [9.17, 15) is 0 Å². The van der Waals surface area contributed by atoms with E-state index in [0.717, 1.165) is 30.4 Å². The number of methoxy groups -OCH3 is 1. The van der Waals surface area contributed by atoms with E-state index in [4.69, 9.17) is 9.47 Å². The number of nitrogens with zero attached hydrogens (tertiary/aromatic N) is 2. The molecule has 0 aliphatic carbocycles. The Kier molecular flexibility index (Phi) is 10.4. The molecule has 136 valence electrons.